The third-order valence-corrected chi connectivity index (χ3v) is 6.12. The number of aliphatic imine (C=N–C) groups is 1. The molecule has 8 heteroatoms. The van der Waals surface area contributed by atoms with Gasteiger partial charge >= 0.3 is 0 Å². The molecule has 0 amide bonds. The fraction of sp³-hybridized carbons (Fsp3) is 0.500. The van der Waals surface area contributed by atoms with Crippen LogP contribution in [-0.4, -0.2) is 65.6 Å². The summed E-state index contributed by atoms with van der Waals surface area (Å²) >= 11 is 0. The lowest BCUT2D eigenvalue weighted by Gasteiger charge is -2.34. The van der Waals surface area contributed by atoms with Crippen LogP contribution >= 0.6 is 0 Å². The Morgan fingerprint density at radius 1 is 1.10 bits per heavy atom. The summed E-state index contributed by atoms with van der Waals surface area (Å²) in [6.07, 6.45) is 3.43. The molecule has 1 saturated heterocycles. The molecule has 0 N–H and O–H groups in total. The molecule has 2 aromatic rings. The van der Waals surface area contributed by atoms with Crippen LogP contribution in [-0.2, 0) is 6.54 Å². The molecule has 2 fully saturated rings. The monoisotopic (exact) mass is 413 g/mol. The molecule has 158 valence electrons. The Labute approximate surface area is 174 Å². The van der Waals surface area contributed by atoms with Crippen LogP contribution in [0.5, 0.6) is 5.75 Å². The van der Waals surface area contributed by atoms with E-state index in [2.05, 4.69) is 24.8 Å². The Morgan fingerprint density at radius 2 is 1.90 bits per heavy atom. The molecular formula is C22H25F2N5O. The molecule has 3 aliphatic rings. The fourth-order valence-corrected chi connectivity index (χ4v) is 4.01. The van der Waals surface area contributed by atoms with Gasteiger partial charge in [-0.3, -0.25) is 9.89 Å². The summed E-state index contributed by atoms with van der Waals surface area (Å²) in [5.41, 5.74) is 2.93. The number of hydrogen-bond acceptors (Lipinski definition) is 6. The number of anilines is 1. The van der Waals surface area contributed by atoms with Gasteiger partial charge in [0.15, 0.2) is 11.6 Å². The average Bonchev–Trinajstić information content (AvgIpc) is 3.34. The van der Waals surface area contributed by atoms with Crippen molar-refractivity contribution in [3.63, 3.8) is 0 Å². The number of ether oxygens (including phenoxy) is 1. The van der Waals surface area contributed by atoms with Gasteiger partial charge in [-0.05, 0) is 37.5 Å². The number of fused-ring (bicyclic) bond motifs is 1. The Hall–Kier alpha value is -2.61. The van der Waals surface area contributed by atoms with E-state index >= 15 is 0 Å². The number of halogens is 2. The van der Waals surface area contributed by atoms with Crippen LogP contribution in [0.3, 0.4) is 0 Å². The number of aromatic nitrogens is 2. The summed E-state index contributed by atoms with van der Waals surface area (Å²) in [4.78, 5) is 17.8. The Kier molecular flexibility index (Phi) is 4.89. The number of hydrogen-bond donors (Lipinski definition) is 0. The minimum atomic E-state index is -0.340. The Bertz CT molecular complexity index is 983. The molecule has 3 heterocycles. The maximum atomic E-state index is 14.5. The van der Waals surface area contributed by atoms with E-state index in [-0.39, 0.29) is 23.8 Å². The third-order valence-electron chi connectivity index (χ3n) is 6.12. The van der Waals surface area contributed by atoms with Crippen molar-refractivity contribution in [1.29, 1.82) is 0 Å². The van der Waals surface area contributed by atoms with Crippen molar-refractivity contribution in [1.82, 2.24) is 14.9 Å². The van der Waals surface area contributed by atoms with Crippen LogP contribution < -0.4 is 9.64 Å². The number of piperazine rings is 1. The van der Waals surface area contributed by atoms with Gasteiger partial charge in [0.1, 0.15) is 24.4 Å². The largest absolute Gasteiger partial charge is 0.484 e. The number of benzene rings is 1. The minimum absolute atomic E-state index is 0.253. The molecule has 1 aromatic heterocycles. The highest BCUT2D eigenvalue weighted by atomic mass is 19.1. The lowest BCUT2D eigenvalue weighted by Crippen LogP contribution is -2.47. The first-order valence-electron chi connectivity index (χ1n) is 10.5. The van der Waals surface area contributed by atoms with E-state index in [1.54, 1.807) is 12.4 Å². The SMILES string of the molecule is CC1(Oc2cc3c(cc2F)CN=C3c2cc(N3CCN(CCF)CC3)ncn2)CC1. The van der Waals surface area contributed by atoms with Crippen LogP contribution in [0.4, 0.5) is 14.6 Å². The van der Waals surface area contributed by atoms with Crippen molar-refractivity contribution < 1.29 is 13.5 Å². The number of nitrogens with zero attached hydrogens (tertiary/aromatic N) is 5. The lowest BCUT2D eigenvalue weighted by atomic mass is 10.0. The van der Waals surface area contributed by atoms with Gasteiger partial charge in [0.25, 0.3) is 0 Å². The second-order valence-corrected chi connectivity index (χ2v) is 8.44. The zero-order valence-electron chi connectivity index (χ0n) is 17.1. The van der Waals surface area contributed by atoms with Crippen molar-refractivity contribution in [3.8, 4) is 5.75 Å². The summed E-state index contributed by atoms with van der Waals surface area (Å²) < 4.78 is 33.0. The molecular weight excluding hydrogens is 388 g/mol. The first-order chi connectivity index (χ1) is 14.5. The van der Waals surface area contributed by atoms with E-state index in [1.807, 2.05) is 13.0 Å². The normalized spacial score (nSPS) is 20.1. The molecule has 5 rings (SSSR count). The highest BCUT2D eigenvalue weighted by molar-refractivity contribution is 6.14. The van der Waals surface area contributed by atoms with Crippen LogP contribution in [0.15, 0.2) is 29.5 Å². The highest BCUT2D eigenvalue weighted by Crippen LogP contribution is 2.41. The van der Waals surface area contributed by atoms with Gasteiger partial charge in [0, 0.05) is 44.4 Å². The van der Waals surface area contributed by atoms with Gasteiger partial charge in [-0.15, -0.1) is 0 Å². The van der Waals surface area contributed by atoms with E-state index in [1.165, 1.54) is 6.07 Å². The van der Waals surface area contributed by atoms with Gasteiger partial charge in [0.05, 0.1) is 18.0 Å². The van der Waals surface area contributed by atoms with Gasteiger partial charge in [-0.2, -0.15) is 0 Å². The topological polar surface area (TPSA) is 53.9 Å². The zero-order valence-corrected chi connectivity index (χ0v) is 17.1. The van der Waals surface area contributed by atoms with Gasteiger partial charge in [-0.25, -0.2) is 18.7 Å². The summed E-state index contributed by atoms with van der Waals surface area (Å²) in [5, 5.41) is 0. The minimum Gasteiger partial charge on any atom is -0.484 e. The van der Waals surface area contributed by atoms with E-state index in [0.717, 1.165) is 67.4 Å². The van der Waals surface area contributed by atoms with E-state index in [4.69, 9.17) is 4.74 Å². The molecule has 0 atom stereocenters. The maximum absolute atomic E-state index is 14.5. The summed E-state index contributed by atoms with van der Waals surface area (Å²) in [7, 11) is 0. The Morgan fingerprint density at radius 3 is 2.63 bits per heavy atom. The second-order valence-electron chi connectivity index (χ2n) is 8.44. The Balaban J connectivity index is 1.38. The fourth-order valence-electron chi connectivity index (χ4n) is 4.01. The smallest absolute Gasteiger partial charge is 0.165 e. The van der Waals surface area contributed by atoms with Crippen molar-refractivity contribution in [3.05, 3.63) is 47.2 Å². The first kappa shape index (κ1) is 19.4. The predicted molar refractivity (Wildman–Crippen MR) is 111 cm³/mol. The van der Waals surface area contributed by atoms with E-state index in [0.29, 0.717) is 13.1 Å². The van der Waals surface area contributed by atoms with Crippen LogP contribution in [0, 0.1) is 5.82 Å². The average molecular weight is 413 g/mol. The molecule has 1 aromatic carbocycles. The molecule has 0 radical (unpaired) electrons. The van der Waals surface area contributed by atoms with E-state index in [9.17, 15) is 8.78 Å². The maximum Gasteiger partial charge on any atom is 0.165 e. The molecule has 0 unspecified atom stereocenters. The predicted octanol–water partition coefficient (Wildman–Crippen LogP) is 2.99. The van der Waals surface area contributed by atoms with Crippen molar-refractivity contribution in [2.75, 3.05) is 44.3 Å². The van der Waals surface area contributed by atoms with E-state index < -0.39 is 0 Å². The summed E-state index contributed by atoms with van der Waals surface area (Å²) in [5.74, 6) is 0.773. The van der Waals surface area contributed by atoms with Crippen LogP contribution in [0.25, 0.3) is 0 Å². The molecule has 6 nitrogen and oxygen atoms in total. The standard InChI is InChI=1S/C22H25F2N5O/c1-22(2-3-22)30-19-11-16-15(10-17(19)24)13-25-21(16)18-12-20(27-14-26-18)29-8-6-28(5-4-23)7-9-29/h10-12,14H,2-9,13H2,1H3. The zero-order chi connectivity index (χ0) is 20.7. The van der Waals surface area contributed by atoms with Crippen molar-refractivity contribution in [2.45, 2.75) is 31.9 Å². The van der Waals surface area contributed by atoms with Crippen LogP contribution in [0.1, 0.15) is 36.6 Å². The third kappa shape index (κ3) is 3.76. The molecule has 30 heavy (non-hydrogen) atoms. The van der Waals surface area contributed by atoms with Gasteiger partial charge in [0.2, 0.25) is 0 Å². The highest BCUT2D eigenvalue weighted by Gasteiger charge is 2.41. The van der Waals surface area contributed by atoms with Crippen molar-refractivity contribution in [2.24, 2.45) is 4.99 Å². The summed E-state index contributed by atoms with van der Waals surface area (Å²) in [6.45, 7) is 5.80. The molecule has 2 aliphatic heterocycles. The molecule has 0 spiro atoms. The summed E-state index contributed by atoms with van der Waals surface area (Å²) in [6, 6.07) is 5.22. The molecule has 0 bridgehead atoms. The number of rotatable bonds is 6. The first-order valence-corrected chi connectivity index (χ1v) is 10.5. The van der Waals surface area contributed by atoms with Gasteiger partial charge in [-0.1, -0.05) is 0 Å². The number of alkyl halides is 1. The van der Waals surface area contributed by atoms with Crippen LogP contribution in [0.2, 0.25) is 0 Å². The molecule has 1 saturated carbocycles. The van der Waals surface area contributed by atoms with Gasteiger partial charge < -0.3 is 9.64 Å². The van der Waals surface area contributed by atoms with Crippen molar-refractivity contribution >= 4 is 11.5 Å². The lowest BCUT2D eigenvalue weighted by molar-refractivity contribution is 0.191. The quantitative estimate of drug-likeness (QED) is 0.729. The second kappa shape index (κ2) is 7.58. The molecule has 1 aliphatic carbocycles.